The number of benzene rings is 8. The molecule has 0 fully saturated rings. The first kappa shape index (κ1) is 31.6. The molecule has 13 rings (SSSR count). The molecule has 0 saturated heterocycles. The van der Waals surface area contributed by atoms with Gasteiger partial charge in [0.1, 0.15) is 22.3 Å². The number of hydrogen-bond donors (Lipinski definition) is 0. The lowest BCUT2D eigenvalue weighted by Crippen LogP contribution is -2.12. The van der Waals surface area contributed by atoms with Crippen LogP contribution in [0.1, 0.15) is 18.0 Å². The van der Waals surface area contributed by atoms with E-state index in [2.05, 4.69) is 179 Å². The zero-order chi connectivity index (χ0) is 37.9. The average molecular weight is 743 g/mol. The van der Waals surface area contributed by atoms with Crippen molar-refractivity contribution in [3.8, 4) is 16.8 Å². The number of nitrogens with zero attached hydrogens (tertiary/aromatic N) is 2. The molecule has 0 saturated carbocycles. The van der Waals surface area contributed by atoms with Crippen LogP contribution in [0.15, 0.2) is 197 Å². The minimum absolute atomic E-state index is 0.150. The van der Waals surface area contributed by atoms with E-state index in [9.17, 15) is 0 Å². The zero-order valence-corrected chi connectivity index (χ0v) is 31.4. The fourth-order valence-electron chi connectivity index (χ4n) is 9.93. The molecule has 0 radical (unpaired) electrons. The van der Waals surface area contributed by atoms with Gasteiger partial charge in [0.2, 0.25) is 0 Å². The van der Waals surface area contributed by atoms with Crippen molar-refractivity contribution in [2.45, 2.75) is 12.5 Å². The predicted octanol–water partition coefficient (Wildman–Crippen LogP) is 14.9. The third-order valence-corrected chi connectivity index (χ3v) is 12.5. The lowest BCUT2D eigenvalue weighted by Gasteiger charge is -2.26. The fourth-order valence-corrected chi connectivity index (χ4v) is 9.93. The van der Waals surface area contributed by atoms with E-state index in [0.29, 0.717) is 0 Å². The molecule has 4 aromatic heterocycles. The standard InChI is InChI=1S/C54H34N2O2/c1-2-12-33(13-3-1)37-14-4-8-18-44(37)56-45-19-9-5-17-41(45)53-47(56)28-27-46-54(53)42-25-22-35(34-23-29-51-43(30-34)39-16-7-11-21-50(39)57-51)31-48(42)55(46)36-24-26-40-38-15-6-10-20-49(38)58-52(40)32-36/h1-17,19-32,44H,18H2. The molecule has 12 aromatic rings. The van der Waals surface area contributed by atoms with Gasteiger partial charge in [-0.05, 0) is 89.3 Å². The fraction of sp³-hybridized carbons (Fsp3) is 0.0370. The summed E-state index contributed by atoms with van der Waals surface area (Å²) in [4.78, 5) is 0. The molecular formula is C54H34N2O2. The van der Waals surface area contributed by atoms with Crippen LogP contribution < -0.4 is 0 Å². The summed E-state index contributed by atoms with van der Waals surface area (Å²) in [6.45, 7) is 0. The van der Waals surface area contributed by atoms with E-state index >= 15 is 0 Å². The van der Waals surface area contributed by atoms with Crippen LogP contribution in [-0.2, 0) is 0 Å². The van der Waals surface area contributed by atoms with Gasteiger partial charge in [-0.15, -0.1) is 0 Å². The Hall–Kier alpha value is -7.56. The first-order valence-electron chi connectivity index (χ1n) is 20.0. The molecule has 272 valence electrons. The van der Waals surface area contributed by atoms with Crippen LogP contribution in [0.25, 0.3) is 110 Å². The van der Waals surface area contributed by atoms with Gasteiger partial charge >= 0.3 is 0 Å². The maximum atomic E-state index is 6.49. The van der Waals surface area contributed by atoms with Crippen LogP contribution in [-0.4, -0.2) is 9.13 Å². The van der Waals surface area contributed by atoms with Gasteiger partial charge in [0.15, 0.2) is 0 Å². The zero-order valence-electron chi connectivity index (χ0n) is 31.4. The molecule has 58 heavy (non-hydrogen) atoms. The van der Waals surface area contributed by atoms with Gasteiger partial charge in [0.25, 0.3) is 0 Å². The van der Waals surface area contributed by atoms with Crippen molar-refractivity contribution in [2.24, 2.45) is 0 Å². The highest BCUT2D eigenvalue weighted by Gasteiger charge is 2.26. The van der Waals surface area contributed by atoms with Crippen molar-refractivity contribution in [3.63, 3.8) is 0 Å². The van der Waals surface area contributed by atoms with Crippen LogP contribution in [0, 0.1) is 0 Å². The van der Waals surface area contributed by atoms with E-state index in [-0.39, 0.29) is 6.04 Å². The molecule has 0 amide bonds. The van der Waals surface area contributed by atoms with Crippen LogP contribution in [0.2, 0.25) is 0 Å². The van der Waals surface area contributed by atoms with Crippen molar-refractivity contribution in [1.82, 2.24) is 9.13 Å². The van der Waals surface area contributed by atoms with Gasteiger partial charge < -0.3 is 18.0 Å². The van der Waals surface area contributed by atoms with Gasteiger partial charge in [-0.1, -0.05) is 121 Å². The Morgan fingerprint density at radius 3 is 1.90 bits per heavy atom. The summed E-state index contributed by atoms with van der Waals surface area (Å²) in [6.07, 6.45) is 7.74. The minimum atomic E-state index is 0.150. The molecule has 4 heteroatoms. The number of hydrogen-bond acceptors (Lipinski definition) is 2. The molecule has 4 nitrogen and oxygen atoms in total. The third-order valence-electron chi connectivity index (χ3n) is 12.5. The normalized spacial score (nSPS) is 14.7. The van der Waals surface area contributed by atoms with Crippen molar-refractivity contribution in [1.29, 1.82) is 0 Å². The largest absolute Gasteiger partial charge is 0.456 e. The van der Waals surface area contributed by atoms with Crippen molar-refractivity contribution in [3.05, 3.63) is 194 Å². The Kier molecular flexibility index (Phi) is 6.53. The third kappa shape index (κ3) is 4.45. The van der Waals surface area contributed by atoms with Gasteiger partial charge in [-0.2, -0.15) is 0 Å². The number of rotatable bonds is 4. The molecule has 1 unspecified atom stereocenters. The van der Waals surface area contributed by atoms with E-state index in [1.807, 2.05) is 18.2 Å². The van der Waals surface area contributed by atoms with E-state index in [1.165, 1.54) is 43.7 Å². The number of allylic oxidation sites excluding steroid dienone is 4. The van der Waals surface area contributed by atoms with Crippen LogP contribution in [0.5, 0.6) is 0 Å². The van der Waals surface area contributed by atoms with Crippen LogP contribution >= 0.6 is 0 Å². The molecule has 1 aliphatic carbocycles. The average Bonchev–Trinajstić information content (AvgIpc) is 4.03. The minimum Gasteiger partial charge on any atom is -0.456 e. The summed E-state index contributed by atoms with van der Waals surface area (Å²) in [5.74, 6) is 0. The van der Waals surface area contributed by atoms with Crippen molar-refractivity contribution >= 4 is 93.1 Å². The van der Waals surface area contributed by atoms with E-state index in [0.717, 1.165) is 78.1 Å². The second-order valence-electron chi connectivity index (χ2n) is 15.6. The maximum absolute atomic E-state index is 6.49. The van der Waals surface area contributed by atoms with Crippen molar-refractivity contribution < 1.29 is 8.83 Å². The number of para-hydroxylation sites is 3. The summed E-state index contributed by atoms with van der Waals surface area (Å²) in [5, 5.41) is 9.52. The summed E-state index contributed by atoms with van der Waals surface area (Å²) in [6, 6.07) is 61.5. The Labute approximate surface area is 332 Å². The maximum Gasteiger partial charge on any atom is 0.137 e. The second kappa shape index (κ2) is 12.0. The lowest BCUT2D eigenvalue weighted by molar-refractivity contribution is 0.666. The van der Waals surface area contributed by atoms with Gasteiger partial charge in [0.05, 0.1) is 22.6 Å². The van der Waals surface area contributed by atoms with E-state index in [1.54, 1.807) is 0 Å². The SMILES string of the molecule is C1=CCC(n2c3ccccc3c3c4c5ccc(-c6ccc7oc8ccccc8c7c6)cc5n(-c5ccc6c(c5)oc5ccccc56)c4ccc32)C(c2ccccc2)=C1. The Morgan fingerprint density at radius 1 is 0.414 bits per heavy atom. The highest BCUT2D eigenvalue weighted by Crippen LogP contribution is 2.46. The Balaban J connectivity index is 1.11. The summed E-state index contributed by atoms with van der Waals surface area (Å²) >= 11 is 0. The number of furan rings is 2. The molecule has 4 heterocycles. The Bertz CT molecular complexity index is 3720. The summed E-state index contributed by atoms with van der Waals surface area (Å²) in [5.41, 5.74) is 14.3. The lowest BCUT2D eigenvalue weighted by atomic mass is 9.92. The van der Waals surface area contributed by atoms with Gasteiger partial charge in [-0.3, -0.25) is 0 Å². The highest BCUT2D eigenvalue weighted by atomic mass is 16.3. The number of aromatic nitrogens is 2. The summed E-state index contributed by atoms with van der Waals surface area (Å²) < 4.78 is 17.7. The first-order valence-corrected chi connectivity index (χ1v) is 20.0. The van der Waals surface area contributed by atoms with Crippen LogP contribution in [0.3, 0.4) is 0 Å². The second-order valence-corrected chi connectivity index (χ2v) is 15.6. The number of fused-ring (bicyclic) bond motifs is 13. The first-order chi connectivity index (χ1) is 28.8. The van der Waals surface area contributed by atoms with Gasteiger partial charge in [-0.25, -0.2) is 0 Å². The molecular weight excluding hydrogens is 709 g/mol. The predicted molar refractivity (Wildman–Crippen MR) is 241 cm³/mol. The quantitative estimate of drug-likeness (QED) is 0.180. The monoisotopic (exact) mass is 742 g/mol. The van der Waals surface area contributed by atoms with Crippen LogP contribution in [0.4, 0.5) is 0 Å². The molecule has 1 aliphatic rings. The molecule has 0 N–H and O–H groups in total. The molecule has 1 atom stereocenters. The van der Waals surface area contributed by atoms with E-state index in [4.69, 9.17) is 8.83 Å². The smallest absolute Gasteiger partial charge is 0.137 e. The molecule has 0 aliphatic heterocycles. The Morgan fingerprint density at radius 2 is 1.03 bits per heavy atom. The van der Waals surface area contributed by atoms with E-state index < -0.39 is 0 Å². The molecule has 0 spiro atoms. The molecule has 8 aromatic carbocycles. The summed E-state index contributed by atoms with van der Waals surface area (Å²) in [7, 11) is 0. The molecule has 0 bridgehead atoms. The topological polar surface area (TPSA) is 36.1 Å². The van der Waals surface area contributed by atoms with Gasteiger partial charge in [0, 0.05) is 60.4 Å². The van der Waals surface area contributed by atoms with Crippen molar-refractivity contribution in [2.75, 3.05) is 0 Å². The highest BCUT2D eigenvalue weighted by molar-refractivity contribution is 6.29.